The number of halogens is 3. The van der Waals surface area contributed by atoms with E-state index in [2.05, 4.69) is 67.8 Å². The Morgan fingerprint density at radius 2 is 1.62 bits per heavy atom. The molecular formula is C17H14I3O5S-. The fraction of sp³-hybridized carbons (Fsp3) is 0.235. The quantitative estimate of drug-likeness (QED) is 0.146. The van der Waals surface area contributed by atoms with Gasteiger partial charge in [-0.15, -0.1) is 0 Å². The van der Waals surface area contributed by atoms with E-state index in [1.54, 1.807) is 26.8 Å². The average Bonchev–Trinajstić information content (AvgIpc) is 2.51. The summed E-state index contributed by atoms with van der Waals surface area (Å²) in [7, 11) is -4.61. The van der Waals surface area contributed by atoms with Crippen molar-refractivity contribution < 1.29 is 22.5 Å². The van der Waals surface area contributed by atoms with Crippen LogP contribution in [-0.2, 0) is 10.1 Å². The maximum absolute atomic E-state index is 12.6. The first-order valence-corrected chi connectivity index (χ1v) is 12.0. The van der Waals surface area contributed by atoms with E-state index in [-0.39, 0.29) is 16.6 Å². The Labute approximate surface area is 193 Å². The van der Waals surface area contributed by atoms with E-state index in [0.717, 1.165) is 10.7 Å². The molecule has 0 aliphatic rings. The number of rotatable bonds is 4. The van der Waals surface area contributed by atoms with Crippen molar-refractivity contribution >= 4 is 83.9 Å². The molecule has 0 N–H and O–H groups in total. The van der Waals surface area contributed by atoms with Gasteiger partial charge < -0.3 is 9.29 Å². The average molecular weight is 711 g/mol. The van der Waals surface area contributed by atoms with Crippen LogP contribution >= 0.6 is 67.8 Å². The van der Waals surface area contributed by atoms with Crippen LogP contribution in [0.25, 0.3) is 0 Å². The third-order valence-corrected chi connectivity index (χ3v) is 8.23. The van der Waals surface area contributed by atoms with Crippen molar-refractivity contribution in [3.05, 3.63) is 51.7 Å². The molecule has 0 bridgehead atoms. The third kappa shape index (κ3) is 5.08. The van der Waals surface area contributed by atoms with Crippen LogP contribution in [0.2, 0.25) is 0 Å². The predicted octanol–water partition coefficient (Wildman–Crippen LogP) is 5.06. The molecule has 0 aliphatic carbocycles. The number of benzene rings is 2. The zero-order valence-electron chi connectivity index (χ0n) is 14.0. The zero-order valence-corrected chi connectivity index (χ0v) is 21.3. The lowest BCUT2D eigenvalue weighted by Crippen LogP contribution is -2.13. The lowest BCUT2D eigenvalue weighted by atomic mass is 10.0. The summed E-state index contributed by atoms with van der Waals surface area (Å²) in [6.45, 7) is 5.15. The van der Waals surface area contributed by atoms with Crippen LogP contribution in [0.1, 0.15) is 41.3 Å². The SMILES string of the molecule is Cc1cc(S(=O)(=O)[O-])c(C(C)C)cc1OC(=O)c1cc(I)c(I)cc1I. The van der Waals surface area contributed by atoms with Crippen LogP contribution < -0.4 is 4.74 Å². The number of hydrogen-bond donors (Lipinski definition) is 0. The van der Waals surface area contributed by atoms with Crippen molar-refractivity contribution in [3.8, 4) is 5.75 Å². The van der Waals surface area contributed by atoms with Gasteiger partial charge in [-0.3, -0.25) is 0 Å². The Hall–Kier alpha value is 0.0100. The molecule has 26 heavy (non-hydrogen) atoms. The fourth-order valence-electron chi connectivity index (χ4n) is 2.29. The van der Waals surface area contributed by atoms with Crippen LogP contribution in [0.15, 0.2) is 29.2 Å². The first-order valence-electron chi connectivity index (χ1n) is 7.39. The van der Waals surface area contributed by atoms with E-state index < -0.39 is 16.1 Å². The predicted molar refractivity (Wildman–Crippen MR) is 123 cm³/mol. The van der Waals surface area contributed by atoms with Crippen molar-refractivity contribution in [1.82, 2.24) is 0 Å². The first kappa shape index (κ1) is 22.3. The van der Waals surface area contributed by atoms with Gasteiger partial charge in [-0.1, -0.05) is 13.8 Å². The summed E-state index contributed by atoms with van der Waals surface area (Å²) in [6.07, 6.45) is 0. The van der Waals surface area contributed by atoms with Gasteiger partial charge in [0, 0.05) is 10.7 Å². The minimum atomic E-state index is -4.61. The summed E-state index contributed by atoms with van der Waals surface area (Å²) in [5, 5.41) is 0. The molecule has 0 saturated heterocycles. The van der Waals surface area contributed by atoms with Crippen molar-refractivity contribution in [2.45, 2.75) is 31.6 Å². The lowest BCUT2D eigenvalue weighted by molar-refractivity contribution is 0.0732. The van der Waals surface area contributed by atoms with Crippen LogP contribution in [0, 0.1) is 17.6 Å². The molecule has 2 aromatic carbocycles. The summed E-state index contributed by atoms with van der Waals surface area (Å²) in [5.74, 6) is -0.499. The fourth-order valence-corrected chi connectivity index (χ4v) is 5.41. The second-order valence-corrected chi connectivity index (χ2v) is 10.7. The maximum Gasteiger partial charge on any atom is 0.344 e. The zero-order chi connectivity index (χ0) is 19.8. The normalized spacial score (nSPS) is 11.7. The van der Waals surface area contributed by atoms with Crippen molar-refractivity contribution in [1.29, 1.82) is 0 Å². The van der Waals surface area contributed by atoms with Gasteiger partial charge in [-0.25, -0.2) is 13.2 Å². The van der Waals surface area contributed by atoms with Gasteiger partial charge in [-0.05, 0) is 116 Å². The minimum absolute atomic E-state index is 0.217. The molecular weight excluding hydrogens is 697 g/mol. The number of aryl methyl sites for hydroxylation is 1. The summed E-state index contributed by atoms with van der Waals surface area (Å²) in [5.41, 5.74) is 1.18. The van der Waals surface area contributed by atoms with Crippen LogP contribution in [-0.4, -0.2) is 18.9 Å². The monoisotopic (exact) mass is 711 g/mol. The Balaban J connectivity index is 2.49. The second-order valence-electron chi connectivity index (χ2n) is 5.90. The molecule has 0 aromatic heterocycles. The molecule has 0 radical (unpaired) electrons. The minimum Gasteiger partial charge on any atom is -0.744 e. The molecule has 0 heterocycles. The highest BCUT2D eigenvalue weighted by molar-refractivity contribution is 14.1. The summed E-state index contributed by atoms with van der Waals surface area (Å²) in [6, 6.07) is 6.37. The largest absolute Gasteiger partial charge is 0.744 e. The number of carbonyl (C=O) groups excluding carboxylic acids is 1. The highest BCUT2D eigenvalue weighted by atomic mass is 127. The summed E-state index contributed by atoms with van der Waals surface area (Å²) < 4.78 is 42.8. The molecule has 5 nitrogen and oxygen atoms in total. The van der Waals surface area contributed by atoms with Crippen LogP contribution in [0.5, 0.6) is 5.75 Å². The maximum atomic E-state index is 12.6. The number of esters is 1. The molecule has 0 spiro atoms. The number of hydrogen-bond acceptors (Lipinski definition) is 5. The Morgan fingerprint density at radius 3 is 2.15 bits per heavy atom. The second kappa shape index (κ2) is 8.57. The van der Waals surface area contributed by atoms with Gasteiger partial charge >= 0.3 is 5.97 Å². The van der Waals surface area contributed by atoms with Crippen LogP contribution in [0.3, 0.4) is 0 Å². The smallest absolute Gasteiger partial charge is 0.344 e. The Bertz CT molecular complexity index is 984. The molecule has 0 fully saturated rings. The molecule has 0 aliphatic heterocycles. The van der Waals surface area contributed by atoms with Gasteiger partial charge in [0.25, 0.3) is 0 Å². The molecule has 0 amide bonds. The molecule has 0 unspecified atom stereocenters. The van der Waals surface area contributed by atoms with E-state index in [1.807, 2.05) is 6.07 Å². The molecule has 0 atom stereocenters. The standard InChI is InChI=1S/C17H15I3O5S/c1-8(2)10-6-15(9(3)4-16(10)26(22,23)24)25-17(21)11-5-13(19)14(20)7-12(11)18/h4-8H,1-3H3,(H,22,23,24)/p-1. The first-order chi connectivity index (χ1) is 11.9. The molecule has 2 rings (SSSR count). The summed E-state index contributed by atoms with van der Waals surface area (Å²) >= 11 is 6.41. The van der Waals surface area contributed by atoms with E-state index in [1.165, 1.54) is 12.1 Å². The van der Waals surface area contributed by atoms with Crippen molar-refractivity contribution in [2.24, 2.45) is 0 Å². The molecule has 140 valence electrons. The lowest BCUT2D eigenvalue weighted by Gasteiger charge is -2.19. The topological polar surface area (TPSA) is 83.5 Å². The van der Waals surface area contributed by atoms with Gasteiger partial charge in [-0.2, -0.15) is 0 Å². The van der Waals surface area contributed by atoms with E-state index in [4.69, 9.17) is 4.74 Å². The number of ether oxygens (including phenoxy) is 1. The van der Waals surface area contributed by atoms with E-state index in [0.29, 0.717) is 16.7 Å². The molecule has 9 heteroatoms. The molecule has 2 aromatic rings. The van der Waals surface area contributed by atoms with Gasteiger partial charge in [0.1, 0.15) is 15.9 Å². The van der Waals surface area contributed by atoms with E-state index >= 15 is 0 Å². The van der Waals surface area contributed by atoms with E-state index in [9.17, 15) is 17.8 Å². The highest BCUT2D eigenvalue weighted by Crippen LogP contribution is 2.32. The van der Waals surface area contributed by atoms with Gasteiger partial charge in [0.15, 0.2) is 0 Å². The Morgan fingerprint density at radius 1 is 1.04 bits per heavy atom. The number of carbonyl (C=O) groups is 1. The third-order valence-electron chi connectivity index (χ3n) is 3.63. The summed E-state index contributed by atoms with van der Waals surface area (Å²) in [4.78, 5) is 12.3. The Kier molecular flexibility index (Phi) is 7.35. The van der Waals surface area contributed by atoms with Gasteiger partial charge in [0.2, 0.25) is 0 Å². The van der Waals surface area contributed by atoms with Crippen molar-refractivity contribution in [2.75, 3.05) is 0 Å². The highest BCUT2D eigenvalue weighted by Gasteiger charge is 2.20. The van der Waals surface area contributed by atoms with Gasteiger partial charge in [0.05, 0.1) is 10.5 Å². The van der Waals surface area contributed by atoms with Crippen molar-refractivity contribution in [3.63, 3.8) is 0 Å². The van der Waals surface area contributed by atoms with Crippen LogP contribution in [0.4, 0.5) is 0 Å². The molecule has 0 saturated carbocycles.